The van der Waals surface area contributed by atoms with E-state index in [-0.39, 0.29) is 23.2 Å². The van der Waals surface area contributed by atoms with Gasteiger partial charge >= 0.3 is 0 Å². The second-order valence-electron chi connectivity index (χ2n) is 7.61. The molecule has 0 radical (unpaired) electrons. The first kappa shape index (κ1) is 22.5. The molecule has 0 atom stereocenters. The summed E-state index contributed by atoms with van der Waals surface area (Å²) in [6.45, 7) is 2.07. The van der Waals surface area contributed by atoms with E-state index in [0.29, 0.717) is 48.8 Å². The molecule has 0 aliphatic carbocycles. The lowest BCUT2D eigenvalue weighted by molar-refractivity contribution is -0.128. The quantitative estimate of drug-likeness (QED) is 0.384. The van der Waals surface area contributed by atoms with Gasteiger partial charge in [0.1, 0.15) is 11.8 Å². The zero-order chi connectivity index (χ0) is 24.2. The molecular weight excluding hydrogens is 470 g/mol. The van der Waals surface area contributed by atoms with Crippen LogP contribution in [0, 0.1) is 11.3 Å². The van der Waals surface area contributed by atoms with Crippen LogP contribution in [0.3, 0.4) is 0 Å². The third-order valence-electron chi connectivity index (χ3n) is 5.52. The molecule has 1 fully saturated rings. The molecular formula is C23H21N7O4S. The van der Waals surface area contributed by atoms with Crippen LogP contribution >= 0.6 is 11.8 Å². The molecule has 1 N–H and O–H groups in total. The van der Waals surface area contributed by atoms with Crippen LogP contribution in [0.5, 0.6) is 5.75 Å². The van der Waals surface area contributed by atoms with Gasteiger partial charge in [-0.15, -0.1) is 5.10 Å². The summed E-state index contributed by atoms with van der Waals surface area (Å²) < 4.78 is 16.3. The smallest absolute Gasteiger partial charge is 0.266 e. The number of methoxy groups -OCH3 is 1. The number of piperazine rings is 1. The summed E-state index contributed by atoms with van der Waals surface area (Å²) in [4.78, 5) is 25.2. The number of furan rings is 1. The Morgan fingerprint density at radius 1 is 1.20 bits per heavy atom. The number of carbonyl (C=O) groups excluding carboxylic acids is 1. The predicted octanol–water partition coefficient (Wildman–Crippen LogP) is 3.04. The molecule has 5 rings (SSSR count). The maximum atomic E-state index is 12.8. The minimum absolute atomic E-state index is 0.000186. The zero-order valence-electron chi connectivity index (χ0n) is 18.8. The Balaban J connectivity index is 1.15. The van der Waals surface area contributed by atoms with Crippen LogP contribution in [0.2, 0.25) is 0 Å². The highest BCUT2D eigenvalue weighted by atomic mass is 32.2. The van der Waals surface area contributed by atoms with Crippen molar-refractivity contribution in [1.82, 2.24) is 25.1 Å². The van der Waals surface area contributed by atoms with Crippen LogP contribution in [0.4, 0.5) is 5.88 Å². The molecule has 0 spiro atoms. The number of aromatic nitrogens is 4. The van der Waals surface area contributed by atoms with Gasteiger partial charge in [0.05, 0.1) is 19.1 Å². The first-order valence-corrected chi connectivity index (χ1v) is 11.8. The lowest BCUT2D eigenvalue weighted by Crippen LogP contribution is -2.49. The molecule has 11 nitrogen and oxygen atoms in total. The van der Waals surface area contributed by atoms with E-state index in [0.717, 1.165) is 11.3 Å². The molecule has 0 unspecified atom stereocenters. The van der Waals surface area contributed by atoms with Crippen molar-refractivity contribution in [2.24, 2.45) is 0 Å². The summed E-state index contributed by atoms with van der Waals surface area (Å²) in [5.41, 5.74) is 1.08. The van der Waals surface area contributed by atoms with Crippen molar-refractivity contribution in [2.75, 3.05) is 43.9 Å². The molecule has 178 valence electrons. The van der Waals surface area contributed by atoms with Gasteiger partial charge in [0, 0.05) is 31.7 Å². The predicted molar refractivity (Wildman–Crippen MR) is 127 cm³/mol. The number of amides is 1. The number of nitrogens with one attached hydrogen (secondary N) is 1. The van der Waals surface area contributed by atoms with Gasteiger partial charge in [-0.05, 0) is 36.4 Å². The Bertz CT molecular complexity index is 1330. The molecule has 0 saturated carbocycles. The normalized spacial score (nSPS) is 13.6. The SMILES string of the molecule is COc1ccc(-c2nc(SCC(=O)N3CCN(c4oc(-c5ccco5)nc4C#N)CC3)n[nH]2)cc1. The van der Waals surface area contributed by atoms with Crippen LogP contribution < -0.4 is 9.64 Å². The number of nitriles is 1. The molecule has 3 aromatic heterocycles. The van der Waals surface area contributed by atoms with Crippen molar-refractivity contribution in [2.45, 2.75) is 5.16 Å². The Labute approximate surface area is 204 Å². The third-order valence-corrected chi connectivity index (χ3v) is 6.35. The van der Waals surface area contributed by atoms with E-state index in [1.165, 1.54) is 18.0 Å². The van der Waals surface area contributed by atoms with Crippen molar-refractivity contribution in [3.8, 4) is 34.9 Å². The van der Waals surface area contributed by atoms with Gasteiger partial charge in [-0.25, -0.2) is 4.98 Å². The molecule has 1 aromatic carbocycles. The van der Waals surface area contributed by atoms with Crippen LogP contribution in [0.1, 0.15) is 5.69 Å². The maximum absolute atomic E-state index is 12.8. The highest BCUT2D eigenvalue weighted by molar-refractivity contribution is 7.99. The molecule has 12 heteroatoms. The zero-order valence-corrected chi connectivity index (χ0v) is 19.6. The van der Waals surface area contributed by atoms with Gasteiger partial charge < -0.3 is 23.4 Å². The summed E-state index contributed by atoms with van der Waals surface area (Å²) >= 11 is 1.29. The minimum atomic E-state index is -0.000186. The average Bonchev–Trinajstić information content (AvgIpc) is 3.68. The number of H-pyrrole nitrogens is 1. The molecule has 4 aromatic rings. The number of oxazole rings is 1. The van der Waals surface area contributed by atoms with Crippen LogP contribution in [0.15, 0.2) is 56.7 Å². The number of benzene rings is 1. The fourth-order valence-corrected chi connectivity index (χ4v) is 4.37. The van der Waals surface area contributed by atoms with E-state index in [1.54, 1.807) is 24.1 Å². The number of carbonyl (C=O) groups is 1. The first-order valence-electron chi connectivity index (χ1n) is 10.8. The molecule has 0 bridgehead atoms. The van der Waals surface area contributed by atoms with Crippen molar-refractivity contribution >= 4 is 23.6 Å². The number of aromatic amines is 1. The van der Waals surface area contributed by atoms with Gasteiger partial charge in [-0.2, -0.15) is 10.2 Å². The van der Waals surface area contributed by atoms with Crippen molar-refractivity contribution in [1.29, 1.82) is 5.26 Å². The minimum Gasteiger partial charge on any atom is -0.497 e. The largest absolute Gasteiger partial charge is 0.497 e. The Morgan fingerprint density at radius 3 is 2.69 bits per heavy atom. The van der Waals surface area contributed by atoms with Crippen molar-refractivity contribution < 1.29 is 18.4 Å². The summed E-state index contributed by atoms with van der Waals surface area (Å²) in [7, 11) is 1.62. The monoisotopic (exact) mass is 491 g/mol. The fraction of sp³-hybridized carbons (Fsp3) is 0.261. The molecule has 1 aliphatic rings. The topological polar surface area (TPSA) is 137 Å². The number of nitrogens with zero attached hydrogens (tertiary/aromatic N) is 6. The number of hydrogen-bond donors (Lipinski definition) is 1. The molecule has 1 amide bonds. The van der Waals surface area contributed by atoms with Gasteiger partial charge in [0.15, 0.2) is 11.6 Å². The van der Waals surface area contributed by atoms with Crippen LogP contribution in [0.25, 0.3) is 23.0 Å². The summed E-state index contributed by atoms with van der Waals surface area (Å²) in [6.07, 6.45) is 1.52. The van der Waals surface area contributed by atoms with Gasteiger partial charge in [0.25, 0.3) is 5.89 Å². The second kappa shape index (κ2) is 9.94. The molecule has 1 aliphatic heterocycles. The van der Waals surface area contributed by atoms with Gasteiger partial charge in [-0.3, -0.25) is 9.89 Å². The fourth-order valence-electron chi connectivity index (χ4n) is 3.67. The van der Waals surface area contributed by atoms with E-state index < -0.39 is 0 Å². The Kier molecular flexibility index (Phi) is 6.40. The molecule has 1 saturated heterocycles. The van der Waals surface area contributed by atoms with Gasteiger partial charge in [-0.1, -0.05) is 11.8 Å². The second-order valence-corrected chi connectivity index (χ2v) is 8.56. The highest BCUT2D eigenvalue weighted by Gasteiger charge is 2.27. The molecule has 35 heavy (non-hydrogen) atoms. The number of rotatable bonds is 7. The highest BCUT2D eigenvalue weighted by Crippen LogP contribution is 2.29. The number of anilines is 1. The average molecular weight is 492 g/mol. The standard InChI is InChI=1S/C23H21N7O4S/c1-32-16-6-4-15(5-7-16)20-26-23(28-27-20)35-14-19(31)29-8-10-30(11-9-29)22-17(13-24)25-21(34-22)18-3-2-12-33-18/h2-7,12H,8-11,14H2,1H3,(H,26,27,28). The Hall–Kier alpha value is -4.24. The van der Waals surface area contributed by atoms with E-state index in [4.69, 9.17) is 13.6 Å². The van der Waals surface area contributed by atoms with Gasteiger partial charge in [0.2, 0.25) is 22.6 Å². The number of hydrogen-bond acceptors (Lipinski definition) is 10. The maximum Gasteiger partial charge on any atom is 0.266 e. The Morgan fingerprint density at radius 2 is 2.00 bits per heavy atom. The summed E-state index contributed by atoms with van der Waals surface area (Å²) in [6, 6.07) is 13.0. The van der Waals surface area contributed by atoms with Crippen molar-refractivity contribution in [3.63, 3.8) is 0 Å². The first-order chi connectivity index (χ1) is 17.1. The summed E-state index contributed by atoms with van der Waals surface area (Å²) in [5.74, 6) is 2.74. The number of ether oxygens (including phenoxy) is 1. The molecule has 4 heterocycles. The number of thioether (sulfide) groups is 1. The van der Waals surface area contributed by atoms with E-state index >= 15 is 0 Å². The van der Waals surface area contributed by atoms with E-state index in [1.807, 2.05) is 29.2 Å². The lowest BCUT2D eigenvalue weighted by atomic mass is 10.2. The summed E-state index contributed by atoms with van der Waals surface area (Å²) in [5, 5.41) is 17.1. The van der Waals surface area contributed by atoms with E-state index in [9.17, 15) is 10.1 Å². The van der Waals surface area contributed by atoms with E-state index in [2.05, 4.69) is 26.2 Å². The lowest BCUT2D eigenvalue weighted by Gasteiger charge is -2.34. The van der Waals surface area contributed by atoms with Crippen LogP contribution in [-0.4, -0.2) is 70.0 Å². The van der Waals surface area contributed by atoms with Crippen LogP contribution in [-0.2, 0) is 4.79 Å². The van der Waals surface area contributed by atoms with Crippen molar-refractivity contribution in [3.05, 3.63) is 48.4 Å². The third kappa shape index (κ3) is 4.85.